The van der Waals surface area contributed by atoms with Crippen molar-refractivity contribution in [3.63, 3.8) is 0 Å². The summed E-state index contributed by atoms with van der Waals surface area (Å²) in [6.07, 6.45) is 5.55. The highest BCUT2D eigenvalue weighted by molar-refractivity contribution is 9.10. The summed E-state index contributed by atoms with van der Waals surface area (Å²) in [6, 6.07) is 1.98. The Labute approximate surface area is 125 Å². The van der Waals surface area contributed by atoms with Crippen molar-refractivity contribution in [1.82, 2.24) is 10.1 Å². The molecule has 106 valence electrons. The number of hydrogen-bond acceptors (Lipinski definition) is 5. The van der Waals surface area contributed by atoms with Crippen LogP contribution < -0.4 is 5.73 Å². The van der Waals surface area contributed by atoms with Crippen LogP contribution in [0.1, 0.15) is 36.3 Å². The van der Waals surface area contributed by atoms with E-state index in [9.17, 15) is 5.11 Å². The fraction of sp³-hybridized carbons (Fsp3) is 0.429. The maximum Gasteiger partial charge on any atom is 0.240 e. The summed E-state index contributed by atoms with van der Waals surface area (Å²) >= 11 is 3.51. The van der Waals surface area contributed by atoms with Gasteiger partial charge in [0.2, 0.25) is 11.7 Å². The number of benzene rings is 1. The first-order chi connectivity index (χ1) is 9.70. The minimum absolute atomic E-state index is 0.176. The molecule has 0 bridgehead atoms. The lowest BCUT2D eigenvalue weighted by atomic mass is 9.99. The van der Waals surface area contributed by atoms with Crippen LogP contribution in [-0.2, 0) is 19.4 Å². The molecule has 3 N–H and O–H groups in total. The molecule has 1 aliphatic carbocycles. The second kappa shape index (κ2) is 5.54. The zero-order valence-corrected chi connectivity index (χ0v) is 12.6. The summed E-state index contributed by atoms with van der Waals surface area (Å²) in [5, 5.41) is 14.3. The Morgan fingerprint density at radius 1 is 1.30 bits per heavy atom. The van der Waals surface area contributed by atoms with Crippen LogP contribution in [0.25, 0.3) is 11.4 Å². The predicted molar refractivity (Wildman–Crippen MR) is 78.2 cm³/mol. The van der Waals surface area contributed by atoms with Crippen LogP contribution in [0.3, 0.4) is 0 Å². The van der Waals surface area contributed by atoms with Gasteiger partial charge < -0.3 is 15.4 Å². The molecule has 0 aliphatic heterocycles. The predicted octanol–water partition coefficient (Wildman–Crippen LogP) is 2.93. The number of aryl methyl sites for hydroxylation is 1. The zero-order valence-electron chi connectivity index (χ0n) is 11.0. The van der Waals surface area contributed by atoms with E-state index in [1.807, 2.05) is 6.07 Å². The number of aromatic hydroxyl groups is 1. The van der Waals surface area contributed by atoms with Gasteiger partial charge in [-0.2, -0.15) is 4.98 Å². The van der Waals surface area contributed by atoms with Crippen molar-refractivity contribution >= 4 is 15.9 Å². The molecule has 0 fully saturated rings. The van der Waals surface area contributed by atoms with Crippen LogP contribution in [0.15, 0.2) is 15.1 Å². The molecule has 0 spiro atoms. The number of nitrogens with zero attached hydrogens (tertiary/aromatic N) is 2. The van der Waals surface area contributed by atoms with Crippen molar-refractivity contribution in [2.24, 2.45) is 5.73 Å². The van der Waals surface area contributed by atoms with Crippen molar-refractivity contribution in [1.29, 1.82) is 0 Å². The van der Waals surface area contributed by atoms with E-state index in [4.69, 9.17) is 10.3 Å². The normalized spacial score (nSPS) is 14.9. The van der Waals surface area contributed by atoms with E-state index in [0.29, 0.717) is 17.3 Å². The van der Waals surface area contributed by atoms with E-state index in [2.05, 4.69) is 26.1 Å². The minimum Gasteiger partial charge on any atom is -0.506 e. The Hall–Kier alpha value is -1.40. The first kappa shape index (κ1) is 13.6. The van der Waals surface area contributed by atoms with Gasteiger partial charge in [-0.25, -0.2) is 0 Å². The highest BCUT2D eigenvalue weighted by atomic mass is 79.9. The highest BCUT2D eigenvalue weighted by Crippen LogP contribution is 2.40. The molecule has 20 heavy (non-hydrogen) atoms. The van der Waals surface area contributed by atoms with Crippen LogP contribution in [-0.4, -0.2) is 15.2 Å². The molecular weight excluding hydrogens is 322 g/mol. The molecule has 1 aromatic carbocycles. The molecule has 0 amide bonds. The average molecular weight is 338 g/mol. The smallest absolute Gasteiger partial charge is 0.240 e. The van der Waals surface area contributed by atoms with Crippen LogP contribution >= 0.6 is 15.9 Å². The zero-order chi connectivity index (χ0) is 14.1. The highest BCUT2D eigenvalue weighted by Gasteiger charge is 2.21. The third-order valence-electron chi connectivity index (χ3n) is 3.69. The number of nitrogens with two attached hydrogens (primary N) is 1. The molecule has 0 saturated carbocycles. The van der Waals surface area contributed by atoms with Gasteiger partial charge in [0.15, 0.2) is 0 Å². The van der Waals surface area contributed by atoms with Crippen LogP contribution in [0.4, 0.5) is 0 Å². The fourth-order valence-electron chi connectivity index (χ4n) is 2.64. The molecule has 2 aromatic rings. The van der Waals surface area contributed by atoms with Crippen molar-refractivity contribution in [2.75, 3.05) is 0 Å². The molecule has 0 radical (unpaired) electrons. The summed E-state index contributed by atoms with van der Waals surface area (Å²) in [6.45, 7) is 0.194. The average Bonchev–Trinajstić information content (AvgIpc) is 2.81. The van der Waals surface area contributed by atoms with Crippen molar-refractivity contribution in [2.45, 2.75) is 38.6 Å². The molecule has 1 heterocycles. The lowest BCUT2D eigenvalue weighted by Crippen LogP contribution is -1.97. The number of phenols is 1. The summed E-state index contributed by atoms with van der Waals surface area (Å²) in [5.74, 6) is 0.927. The van der Waals surface area contributed by atoms with E-state index in [-0.39, 0.29) is 12.3 Å². The molecule has 0 saturated heterocycles. The van der Waals surface area contributed by atoms with Crippen LogP contribution in [0.5, 0.6) is 5.75 Å². The van der Waals surface area contributed by atoms with E-state index in [0.717, 1.165) is 23.7 Å². The third kappa shape index (κ3) is 2.33. The largest absolute Gasteiger partial charge is 0.506 e. The van der Waals surface area contributed by atoms with E-state index >= 15 is 0 Å². The molecule has 5 nitrogen and oxygen atoms in total. The van der Waals surface area contributed by atoms with Gasteiger partial charge >= 0.3 is 0 Å². The van der Waals surface area contributed by atoms with Crippen molar-refractivity contribution in [3.8, 4) is 17.1 Å². The summed E-state index contributed by atoms with van der Waals surface area (Å²) in [7, 11) is 0. The number of hydrogen-bond donors (Lipinski definition) is 2. The Morgan fingerprint density at radius 3 is 2.85 bits per heavy atom. The molecule has 1 aliphatic rings. The molecular formula is C14H16BrN3O2. The summed E-state index contributed by atoms with van der Waals surface area (Å²) in [4.78, 5) is 4.19. The quantitative estimate of drug-likeness (QED) is 0.823. The number of phenolic OH excluding ortho intramolecular Hbond substituents is 1. The van der Waals surface area contributed by atoms with Gasteiger partial charge in [0.25, 0.3) is 0 Å². The van der Waals surface area contributed by atoms with E-state index in [1.54, 1.807) is 0 Å². The maximum atomic E-state index is 10.4. The minimum atomic E-state index is 0.176. The summed E-state index contributed by atoms with van der Waals surface area (Å²) < 4.78 is 5.77. The van der Waals surface area contributed by atoms with E-state index < -0.39 is 0 Å². The lowest BCUT2D eigenvalue weighted by Gasteiger charge is -2.12. The monoisotopic (exact) mass is 337 g/mol. The molecule has 0 unspecified atom stereocenters. The fourth-order valence-corrected chi connectivity index (χ4v) is 3.30. The van der Waals surface area contributed by atoms with E-state index in [1.165, 1.54) is 24.0 Å². The third-order valence-corrected chi connectivity index (χ3v) is 4.54. The molecule has 0 atom stereocenters. The van der Waals surface area contributed by atoms with Crippen LogP contribution in [0, 0.1) is 0 Å². The topological polar surface area (TPSA) is 85.2 Å². The summed E-state index contributed by atoms with van der Waals surface area (Å²) in [5.41, 5.74) is 8.52. The number of rotatable bonds is 2. The first-order valence-corrected chi connectivity index (χ1v) is 7.56. The van der Waals surface area contributed by atoms with Gasteiger partial charge in [-0.1, -0.05) is 11.6 Å². The number of halogens is 1. The Bertz CT molecular complexity index is 640. The Morgan fingerprint density at radius 2 is 2.10 bits per heavy atom. The van der Waals surface area contributed by atoms with Crippen LogP contribution in [0.2, 0.25) is 0 Å². The van der Waals surface area contributed by atoms with Gasteiger partial charge in [0.1, 0.15) is 5.75 Å². The number of fused-ring (bicyclic) bond motifs is 1. The van der Waals surface area contributed by atoms with Gasteiger partial charge in [-0.3, -0.25) is 0 Å². The van der Waals surface area contributed by atoms with Gasteiger partial charge in [0, 0.05) is 0 Å². The first-order valence-electron chi connectivity index (χ1n) is 6.77. The molecule has 6 heteroatoms. The maximum absolute atomic E-state index is 10.4. The molecule has 3 rings (SSSR count). The van der Waals surface area contributed by atoms with Crippen molar-refractivity contribution < 1.29 is 9.63 Å². The number of aromatic nitrogens is 2. The second-order valence-corrected chi connectivity index (χ2v) is 5.79. The second-order valence-electron chi connectivity index (χ2n) is 5.00. The Kier molecular flexibility index (Phi) is 3.76. The SMILES string of the molecule is NCc1nc(-c2cc3c(c(Br)c2O)CCCCC3)no1. The standard InChI is InChI=1S/C14H16BrN3O2/c15-12-9-5-3-1-2-4-8(9)6-10(13(12)19)14-17-11(7-16)20-18-14/h6,19H,1-5,7,16H2. The Balaban J connectivity index is 2.12. The molecule has 1 aromatic heterocycles. The van der Waals surface area contributed by atoms with Gasteiger partial charge in [-0.05, 0) is 58.8 Å². The van der Waals surface area contributed by atoms with Gasteiger partial charge in [0.05, 0.1) is 16.6 Å². The van der Waals surface area contributed by atoms with Gasteiger partial charge in [-0.15, -0.1) is 0 Å². The lowest BCUT2D eigenvalue weighted by molar-refractivity contribution is 0.380. The van der Waals surface area contributed by atoms with Crippen molar-refractivity contribution in [3.05, 3.63) is 27.6 Å².